The molecule has 0 aliphatic carbocycles. The van der Waals surface area contributed by atoms with Gasteiger partial charge in [0.25, 0.3) is 0 Å². The van der Waals surface area contributed by atoms with Gasteiger partial charge in [0, 0.05) is 32.2 Å². The average Bonchev–Trinajstić information content (AvgIpc) is 3.58. The fourth-order valence-electron chi connectivity index (χ4n) is 6.88. The maximum atomic E-state index is 14.1. The smallest absolute Gasteiger partial charge is 0.245 e. The number of likely N-dealkylation sites (N-methyl/N-ethyl adjacent to an activating group) is 2. The third-order valence-corrected chi connectivity index (χ3v) is 9.43. The first-order valence-electron chi connectivity index (χ1n) is 16.3. The lowest BCUT2D eigenvalue weighted by molar-refractivity contribution is -0.144. The highest BCUT2D eigenvalue weighted by molar-refractivity contribution is 5.91. The highest BCUT2D eigenvalue weighted by Gasteiger charge is 2.43. The van der Waals surface area contributed by atoms with Gasteiger partial charge in [0.2, 0.25) is 23.6 Å². The zero-order valence-corrected chi connectivity index (χ0v) is 27.7. The second kappa shape index (κ2) is 14.5. The summed E-state index contributed by atoms with van der Waals surface area (Å²) in [4.78, 5) is 62.0. The quantitative estimate of drug-likeness (QED) is 0.405. The van der Waals surface area contributed by atoms with Crippen molar-refractivity contribution in [1.82, 2.24) is 30.2 Å². The molecule has 4 amide bonds. The van der Waals surface area contributed by atoms with Crippen LogP contribution in [0.4, 0.5) is 0 Å². The Morgan fingerprint density at radius 3 is 2.00 bits per heavy atom. The molecule has 2 N–H and O–H groups in total. The molecule has 1 unspecified atom stereocenters. The molecule has 240 valence electrons. The molecule has 0 bridgehead atoms. The highest BCUT2D eigenvalue weighted by Crippen LogP contribution is 2.28. The minimum Gasteiger partial charge on any atom is -0.352 e. The van der Waals surface area contributed by atoms with Crippen molar-refractivity contribution in [2.75, 3.05) is 40.3 Å². The zero-order chi connectivity index (χ0) is 31.4. The van der Waals surface area contributed by atoms with Crippen molar-refractivity contribution in [2.45, 2.75) is 130 Å². The van der Waals surface area contributed by atoms with E-state index >= 15 is 0 Å². The van der Waals surface area contributed by atoms with Crippen LogP contribution in [-0.2, 0) is 19.2 Å². The molecule has 0 spiro atoms. The van der Waals surface area contributed by atoms with Crippen LogP contribution < -0.4 is 10.6 Å². The molecule has 3 rings (SSSR count). The van der Waals surface area contributed by atoms with E-state index in [9.17, 15) is 19.2 Å². The standard InChI is InChI=1S/C32H58N6O4/c1-21(2)26(36(9)31(42)27(32(5,6)7)34-28(39)23-14-10-11-17-35(23)8)20-37-18-12-16-25(37)30(41)38-19-13-15-24(38)29(40)33-22(3)4/h21-27H,10-20H2,1-9H3,(H,33,40)(H,34,39)/t23?,24-,25-,26+,27+/m0/s1. The molecule has 5 atom stereocenters. The first-order chi connectivity index (χ1) is 19.6. The maximum Gasteiger partial charge on any atom is 0.245 e. The summed E-state index contributed by atoms with van der Waals surface area (Å²) in [7, 11) is 3.82. The van der Waals surface area contributed by atoms with Crippen LogP contribution in [0.25, 0.3) is 0 Å². The van der Waals surface area contributed by atoms with E-state index in [2.05, 4.69) is 34.3 Å². The molecule has 3 aliphatic rings. The van der Waals surface area contributed by atoms with Crippen LogP contribution in [0.1, 0.15) is 93.4 Å². The summed E-state index contributed by atoms with van der Waals surface area (Å²) < 4.78 is 0. The Hall–Kier alpha value is -2.20. The Morgan fingerprint density at radius 2 is 1.40 bits per heavy atom. The number of hydrogen-bond acceptors (Lipinski definition) is 6. The predicted molar refractivity (Wildman–Crippen MR) is 166 cm³/mol. The van der Waals surface area contributed by atoms with Crippen LogP contribution in [0.5, 0.6) is 0 Å². The van der Waals surface area contributed by atoms with Gasteiger partial charge in [-0.2, -0.15) is 0 Å². The van der Waals surface area contributed by atoms with Crippen LogP contribution in [0.3, 0.4) is 0 Å². The number of amides is 4. The summed E-state index contributed by atoms with van der Waals surface area (Å²) >= 11 is 0. The second-order valence-electron chi connectivity index (χ2n) is 14.6. The van der Waals surface area contributed by atoms with Gasteiger partial charge in [-0.3, -0.25) is 29.0 Å². The van der Waals surface area contributed by atoms with Gasteiger partial charge >= 0.3 is 0 Å². The molecular formula is C32H58N6O4. The van der Waals surface area contributed by atoms with Crippen LogP contribution in [0, 0.1) is 11.3 Å². The molecule has 3 fully saturated rings. The summed E-state index contributed by atoms with van der Waals surface area (Å²) in [6.07, 6.45) is 6.10. The summed E-state index contributed by atoms with van der Waals surface area (Å²) in [5.74, 6) is -0.0679. The number of hydrogen-bond donors (Lipinski definition) is 2. The van der Waals surface area contributed by atoms with Crippen molar-refractivity contribution >= 4 is 23.6 Å². The number of nitrogens with zero attached hydrogens (tertiary/aromatic N) is 4. The molecule has 42 heavy (non-hydrogen) atoms. The van der Waals surface area contributed by atoms with Crippen LogP contribution in [0.15, 0.2) is 0 Å². The van der Waals surface area contributed by atoms with E-state index in [1.807, 2.05) is 48.7 Å². The first-order valence-corrected chi connectivity index (χ1v) is 16.3. The Kier molecular flexibility index (Phi) is 11.9. The van der Waals surface area contributed by atoms with Gasteiger partial charge < -0.3 is 20.4 Å². The van der Waals surface area contributed by atoms with E-state index in [0.717, 1.165) is 51.6 Å². The van der Waals surface area contributed by atoms with E-state index in [1.165, 1.54) is 0 Å². The third-order valence-electron chi connectivity index (χ3n) is 9.43. The van der Waals surface area contributed by atoms with Gasteiger partial charge in [-0.15, -0.1) is 0 Å². The maximum absolute atomic E-state index is 14.1. The Bertz CT molecular complexity index is 963. The Morgan fingerprint density at radius 1 is 0.810 bits per heavy atom. The fraction of sp³-hybridized carbons (Fsp3) is 0.875. The molecule has 0 aromatic rings. The summed E-state index contributed by atoms with van der Waals surface area (Å²) in [6.45, 7) is 16.9. The highest BCUT2D eigenvalue weighted by atomic mass is 16.2. The topological polar surface area (TPSA) is 105 Å². The number of nitrogens with one attached hydrogen (secondary N) is 2. The van der Waals surface area contributed by atoms with Gasteiger partial charge in [-0.1, -0.05) is 41.0 Å². The molecule has 3 saturated heterocycles. The fourth-order valence-corrected chi connectivity index (χ4v) is 6.88. The van der Waals surface area contributed by atoms with E-state index in [4.69, 9.17) is 0 Å². The van der Waals surface area contributed by atoms with Crippen LogP contribution >= 0.6 is 0 Å². The van der Waals surface area contributed by atoms with Crippen LogP contribution in [0.2, 0.25) is 0 Å². The Labute approximate surface area is 254 Å². The molecule has 0 aromatic carbocycles. The summed E-state index contributed by atoms with van der Waals surface area (Å²) in [5, 5.41) is 6.12. The van der Waals surface area contributed by atoms with Gasteiger partial charge in [-0.25, -0.2) is 0 Å². The molecule has 3 aliphatic heterocycles. The molecule has 0 saturated carbocycles. The summed E-state index contributed by atoms with van der Waals surface area (Å²) in [5.41, 5.74) is -0.469. The number of carbonyl (C=O) groups excluding carboxylic acids is 4. The number of piperidine rings is 1. The van der Waals surface area contributed by atoms with E-state index in [0.29, 0.717) is 19.5 Å². The predicted octanol–water partition coefficient (Wildman–Crippen LogP) is 2.46. The van der Waals surface area contributed by atoms with Gasteiger partial charge in [-0.05, 0) is 83.8 Å². The van der Waals surface area contributed by atoms with Crippen molar-refractivity contribution < 1.29 is 19.2 Å². The summed E-state index contributed by atoms with van der Waals surface area (Å²) in [6, 6.07) is -1.68. The van der Waals surface area contributed by atoms with Crippen molar-refractivity contribution in [3.05, 3.63) is 0 Å². The normalized spacial score (nSPS) is 25.5. The molecular weight excluding hydrogens is 532 g/mol. The first kappa shape index (κ1) is 34.3. The zero-order valence-electron chi connectivity index (χ0n) is 27.7. The van der Waals surface area contributed by atoms with Crippen molar-refractivity contribution in [3.63, 3.8) is 0 Å². The third kappa shape index (κ3) is 8.24. The van der Waals surface area contributed by atoms with Gasteiger partial charge in [0.1, 0.15) is 12.1 Å². The SMILES string of the molecule is CC(C)NC(=O)[C@@H]1CCCN1C(=O)[C@@H]1CCCN1C[C@H](C(C)C)N(C)C(=O)[C@@H](NC(=O)C1CCCCN1C)C(C)(C)C. The number of likely N-dealkylation sites (tertiary alicyclic amines) is 3. The van der Waals surface area contributed by atoms with Crippen LogP contribution in [-0.4, -0.2) is 120 Å². The van der Waals surface area contributed by atoms with Crippen molar-refractivity contribution in [1.29, 1.82) is 0 Å². The molecule has 0 aromatic heterocycles. The van der Waals surface area contributed by atoms with E-state index < -0.39 is 17.5 Å². The second-order valence-corrected chi connectivity index (χ2v) is 14.6. The average molecular weight is 591 g/mol. The minimum absolute atomic E-state index is 0.0295. The minimum atomic E-state index is -0.660. The lowest BCUT2D eigenvalue weighted by atomic mass is 9.84. The molecule has 3 heterocycles. The number of carbonyl (C=O) groups is 4. The van der Waals surface area contributed by atoms with Gasteiger partial charge in [0.15, 0.2) is 0 Å². The van der Waals surface area contributed by atoms with Crippen molar-refractivity contribution in [2.24, 2.45) is 11.3 Å². The number of rotatable bonds is 10. The van der Waals surface area contributed by atoms with E-state index in [1.54, 1.807) is 9.80 Å². The molecule has 10 nitrogen and oxygen atoms in total. The molecule has 10 heteroatoms. The molecule has 0 radical (unpaired) electrons. The lowest BCUT2D eigenvalue weighted by Gasteiger charge is -2.41. The largest absolute Gasteiger partial charge is 0.352 e. The van der Waals surface area contributed by atoms with Gasteiger partial charge in [0.05, 0.1) is 12.1 Å². The Balaban J connectivity index is 1.73. The van der Waals surface area contributed by atoms with E-state index in [-0.39, 0.29) is 53.7 Å². The lowest BCUT2D eigenvalue weighted by Crippen LogP contribution is -2.61. The van der Waals surface area contributed by atoms with Crippen molar-refractivity contribution in [3.8, 4) is 0 Å². The monoisotopic (exact) mass is 590 g/mol.